The minimum Gasteiger partial charge on any atom is -0.322 e. The number of benzene rings is 1. The molecule has 0 bridgehead atoms. The molecule has 1 amide bonds. The maximum absolute atomic E-state index is 12.0. The fourth-order valence-electron chi connectivity index (χ4n) is 1.23. The summed E-state index contributed by atoms with van der Waals surface area (Å²) < 4.78 is 0. The summed E-state index contributed by atoms with van der Waals surface area (Å²) >= 11 is 7.17. The van der Waals surface area contributed by atoms with Crippen molar-refractivity contribution >= 4 is 35.0 Å². The van der Waals surface area contributed by atoms with Crippen molar-refractivity contribution in [1.29, 1.82) is 0 Å². The Kier molecular flexibility index (Phi) is 6.30. The smallest absolute Gasteiger partial charge is 0.262 e. The summed E-state index contributed by atoms with van der Waals surface area (Å²) in [6.07, 6.45) is 0. The summed E-state index contributed by atoms with van der Waals surface area (Å²) in [5, 5.41) is 2.83. The number of halogens is 1. The monoisotopic (exact) mass is 283 g/mol. The van der Waals surface area contributed by atoms with Crippen LogP contribution in [0, 0.1) is 12.8 Å². The molecule has 0 aliphatic rings. The molecule has 0 radical (unpaired) electrons. The maximum atomic E-state index is 12.0. The second-order valence-electron chi connectivity index (χ2n) is 4.50. The van der Waals surface area contributed by atoms with Crippen LogP contribution in [0.2, 0.25) is 0 Å². The summed E-state index contributed by atoms with van der Waals surface area (Å²) in [4.78, 5) is 12.5. The summed E-state index contributed by atoms with van der Waals surface area (Å²) in [6, 6.07) is 7.68. The highest BCUT2D eigenvalue weighted by Gasteiger charge is 2.10. The SMILES string of the molecule is Cc1ccc(NC(=O)/C(=C/Cl)SCC(C)C)cc1. The van der Waals surface area contributed by atoms with Gasteiger partial charge in [0.15, 0.2) is 0 Å². The molecule has 1 rings (SSSR count). The fourth-order valence-corrected chi connectivity index (χ4v) is 2.28. The van der Waals surface area contributed by atoms with Gasteiger partial charge in [-0.3, -0.25) is 4.79 Å². The molecule has 98 valence electrons. The van der Waals surface area contributed by atoms with Gasteiger partial charge >= 0.3 is 0 Å². The number of thioether (sulfide) groups is 1. The molecule has 0 aliphatic heterocycles. The van der Waals surface area contributed by atoms with Gasteiger partial charge in [0, 0.05) is 17.0 Å². The van der Waals surface area contributed by atoms with Crippen LogP contribution in [-0.4, -0.2) is 11.7 Å². The van der Waals surface area contributed by atoms with Gasteiger partial charge in [0.05, 0.1) is 4.91 Å². The molecule has 0 saturated heterocycles. The highest BCUT2D eigenvalue weighted by Crippen LogP contribution is 2.21. The average molecular weight is 284 g/mol. The zero-order valence-corrected chi connectivity index (χ0v) is 12.4. The molecule has 1 N–H and O–H groups in total. The van der Waals surface area contributed by atoms with Gasteiger partial charge in [-0.05, 0) is 25.0 Å². The number of carbonyl (C=O) groups is 1. The summed E-state index contributed by atoms with van der Waals surface area (Å²) in [5.74, 6) is 1.24. The highest BCUT2D eigenvalue weighted by molar-refractivity contribution is 8.04. The van der Waals surface area contributed by atoms with Crippen molar-refractivity contribution in [2.45, 2.75) is 20.8 Å². The van der Waals surface area contributed by atoms with Crippen LogP contribution in [0.1, 0.15) is 19.4 Å². The molecule has 0 aromatic heterocycles. The summed E-state index contributed by atoms with van der Waals surface area (Å²) in [5.41, 5.74) is 3.29. The predicted molar refractivity (Wildman–Crippen MR) is 81.0 cm³/mol. The van der Waals surface area contributed by atoms with E-state index in [0.717, 1.165) is 17.0 Å². The van der Waals surface area contributed by atoms with Gasteiger partial charge in [0.25, 0.3) is 5.91 Å². The van der Waals surface area contributed by atoms with E-state index in [1.807, 2.05) is 31.2 Å². The lowest BCUT2D eigenvalue weighted by atomic mass is 10.2. The quantitative estimate of drug-likeness (QED) is 0.812. The van der Waals surface area contributed by atoms with Gasteiger partial charge in [-0.1, -0.05) is 43.1 Å². The Morgan fingerprint density at radius 2 is 2.00 bits per heavy atom. The molecule has 0 saturated carbocycles. The third-order valence-electron chi connectivity index (χ3n) is 2.20. The summed E-state index contributed by atoms with van der Waals surface area (Å²) in [7, 11) is 0. The third-order valence-corrected chi connectivity index (χ3v) is 4.00. The number of carbonyl (C=O) groups excluding carboxylic acids is 1. The van der Waals surface area contributed by atoms with Crippen LogP contribution in [0.25, 0.3) is 0 Å². The number of nitrogens with one attached hydrogen (secondary N) is 1. The molecule has 2 nitrogen and oxygen atoms in total. The average Bonchev–Trinajstić information content (AvgIpc) is 2.32. The maximum Gasteiger partial charge on any atom is 0.262 e. The Bertz CT molecular complexity index is 426. The molecule has 1 aromatic carbocycles. The van der Waals surface area contributed by atoms with Crippen LogP contribution in [0.15, 0.2) is 34.7 Å². The van der Waals surface area contributed by atoms with E-state index in [9.17, 15) is 4.79 Å². The lowest BCUT2D eigenvalue weighted by Gasteiger charge is -2.09. The van der Waals surface area contributed by atoms with Crippen LogP contribution in [-0.2, 0) is 4.79 Å². The molecular formula is C14H18ClNOS. The Morgan fingerprint density at radius 3 is 2.50 bits per heavy atom. The number of anilines is 1. The van der Waals surface area contributed by atoms with E-state index in [2.05, 4.69) is 19.2 Å². The molecule has 0 spiro atoms. The third kappa shape index (κ3) is 5.15. The molecule has 0 unspecified atom stereocenters. The molecular weight excluding hydrogens is 266 g/mol. The van der Waals surface area contributed by atoms with Crippen molar-refractivity contribution in [2.75, 3.05) is 11.1 Å². The first-order chi connectivity index (χ1) is 8.52. The number of aryl methyl sites for hydroxylation is 1. The van der Waals surface area contributed by atoms with Crippen LogP contribution < -0.4 is 5.32 Å². The molecule has 0 atom stereocenters. The van der Waals surface area contributed by atoms with Gasteiger partial charge in [0.1, 0.15) is 0 Å². The number of hydrogen-bond acceptors (Lipinski definition) is 2. The fraction of sp³-hybridized carbons (Fsp3) is 0.357. The van der Waals surface area contributed by atoms with Crippen molar-refractivity contribution in [3.8, 4) is 0 Å². The van der Waals surface area contributed by atoms with Gasteiger partial charge < -0.3 is 5.32 Å². The predicted octanol–water partition coefficient (Wildman–Crippen LogP) is 4.40. The molecule has 0 fully saturated rings. The van der Waals surface area contributed by atoms with Crippen molar-refractivity contribution in [2.24, 2.45) is 5.92 Å². The molecule has 0 heterocycles. The Labute approximate surface area is 118 Å². The van der Waals surface area contributed by atoms with E-state index in [1.54, 1.807) is 0 Å². The molecule has 18 heavy (non-hydrogen) atoms. The van der Waals surface area contributed by atoms with Crippen molar-refractivity contribution < 1.29 is 4.79 Å². The van der Waals surface area contributed by atoms with Crippen molar-refractivity contribution in [3.63, 3.8) is 0 Å². The largest absolute Gasteiger partial charge is 0.322 e. The highest BCUT2D eigenvalue weighted by atomic mass is 35.5. The molecule has 0 aliphatic carbocycles. The minimum atomic E-state index is -0.153. The van der Waals surface area contributed by atoms with Gasteiger partial charge in [-0.2, -0.15) is 0 Å². The zero-order chi connectivity index (χ0) is 13.5. The second-order valence-corrected chi connectivity index (χ2v) is 5.78. The number of amides is 1. The van der Waals surface area contributed by atoms with E-state index in [4.69, 9.17) is 11.6 Å². The molecule has 4 heteroatoms. The normalized spacial score (nSPS) is 11.7. The lowest BCUT2D eigenvalue weighted by molar-refractivity contribution is -0.112. The Hall–Kier alpha value is -0.930. The van der Waals surface area contributed by atoms with Gasteiger partial charge in [-0.25, -0.2) is 0 Å². The van der Waals surface area contributed by atoms with Crippen LogP contribution in [0.5, 0.6) is 0 Å². The Morgan fingerprint density at radius 1 is 1.39 bits per heavy atom. The number of rotatable bonds is 5. The van der Waals surface area contributed by atoms with Crippen LogP contribution in [0.4, 0.5) is 5.69 Å². The van der Waals surface area contributed by atoms with E-state index in [0.29, 0.717) is 10.8 Å². The number of hydrogen-bond donors (Lipinski definition) is 1. The van der Waals surface area contributed by atoms with E-state index in [-0.39, 0.29) is 5.91 Å². The summed E-state index contributed by atoms with van der Waals surface area (Å²) in [6.45, 7) is 6.22. The molecule has 1 aromatic rings. The van der Waals surface area contributed by atoms with Crippen molar-refractivity contribution in [3.05, 3.63) is 40.3 Å². The lowest BCUT2D eigenvalue weighted by Crippen LogP contribution is -2.13. The first-order valence-electron chi connectivity index (χ1n) is 5.84. The van der Waals surface area contributed by atoms with Gasteiger partial charge in [-0.15, -0.1) is 11.8 Å². The zero-order valence-electron chi connectivity index (χ0n) is 10.9. The van der Waals surface area contributed by atoms with E-state index >= 15 is 0 Å². The minimum absolute atomic E-state index is 0.153. The van der Waals surface area contributed by atoms with Gasteiger partial charge in [0.2, 0.25) is 0 Å². The Balaban J connectivity index is 2.60. The van der Waals surface area contributed by atoms with Crippen molar-refractivity contribution in [1.82, 2.24) is 0 Å². The van der Waals surface area contributed by atoms with E-state index < -0.39 is 0 Å². The van der Waals surface area contributed by atoms with Crippen LogP contribution >= 0.6 is 23.4 Å². The van der Waals surface area contributed by atoms with Crippen LogP contribution in [0.3, 0.4) is 0 Å². The van der Waals surface area contributed by atoms with E-state index in [1.165, 1.54) is 17.3 Å². The first kappa shape index (κ1) is 15.1. The topological polar surface area (TPSA) is 29.1 Å². The second kappa shape index (κ2) is 7.49. The first-order valence-corrected chi connectivity index (χ1v) is 7.26. The standard InChI is InChI=1S/C14H18ClNOS/c1-10(2)9-18-13(8-15)14(17)16-12-6-4-11(3)5-7-12/h4-8,10H,9H2,1-3H3,(H,16,17)/b13-8-.